The van der Waals surface area contributed by atoms with Crippen LogP contribution in [0.2, 0.25) is 0 Å². The molecule has 0 heterocycles. The second kappa shape index (κ2) is 7.26. The van der Waals surface area contributed by atoms with Crippen molar-refractivity contribution in [1.82, 2.24) is 5.43 Å². The monoisotopic (exact) mass is 297 g/mol. The zero-order valence-corrected chi connectivity index (χ0v) is 12.7. The van der Waals surface area contributed by atoms with Crippen molar-refractivity contribution in [3.8, 4) is 5.75 Å². The summed E-state index contributed by atoms with van der Waals surface area (Å²) in [6.07, 6.45) is 1.58. The molecule has 0 fully saturated rings. The molecule has 0 saturated heterocycles. The molecule has 3 N–H and O–H groups in total. The zero-order valence-electron chi connectivity index (χ0n) is 12.7. The number of aryl methyl sites for hydroxylation is 2. The van der Waals surface area contributed by atoms with Gasteiger partial charge in [0, 0.05) is 5.56 Å². The Hall–Kier alpha value is -2.82. The molecule has 0 aliphatic carbocycles. The Labute approximate surface area is 129 Å². The van der Waals surface area contributed by atoms with Gasteiger partial charge in [-0.3, -0.25) is 0 Å². The van der Waals surface area contributed by atoms with Crippen LogP contribution in [0.4, 0.5) is 4.79 Å². The van der Waals surface area contributed by atoms with E-state index in [2.05, 4.69) is 10.5 Å². The van der Waals surface area contributed by atoms with Crippen LogP contribution in [-0.4, -0.2) is 12.2 Å². The van der Waals surface area contributed by atoms with Gasteiger partial charge in [0.1, 0.15) is 12.4 Å². The highest BCUT2D eigenvalue weighted by Crippen LogP contribution is 2.21. The molecule has 0 saturated carbocycles. The van der Waals surface area contributed by atoms with Gasteiger partial charge in [-0.2, -0.15) is 5.10 Å². The van der Waals surface area contributed by atoms with Crippen LogP contribution in [0.25, 0.3) is 0 Å². The summed E-state index contributed by atoms with van der Waals surface area (Å²) in [5, 5.41) is 3.80. The molecular weight excluding hydrogens is 278 g/mol. The first-order valence-electron chi connectivity index (χ1n) is 6.93. The van der Waals surface area contributed by atoms with Gasteiger partial charge in [-0.25, -0.2) is 10.2 Å². The van der Waals surface area contributed by atoms with E-state index in [1.165, 1.54) is 0 Å². The SMILES string of the molecule is Cc1cc(OCc2ccccc2)cc(C)c1C=NNC(N)=O. The van der Waals surface area contributed by atoms with Crippen molar-refractivity contribution < 1.29 is 9.53 Å². The lowest BCUT2D eigenvalue weighted by molar-refractivity contribution is 0.249. The number of nitrogens with two attached hydrogens (primary N) is 1. The molecule has 2 aromatic rings. The normalized spacial score (nSPS) is 10.6. The lowest BCUT2D eigenvalue weighted by atomic mass is 10.0. The lowest BCUT2D eigenvalue weighted by Gasteiger charge is -2.11. The number of rotatable bonds is 5. The minimum Gasteiger partial charge on any atom is -0.489 e. The van der Waals surface area contributed by atoms with Gasteiger partial charge < -0.3 is 10.5 Å². The Balaban J connectivity index is 2.09. The number of primary amides is 1. The van der Waals surface area contributed by atoms with Crippen LogP contribution >= 0.6 is 0 Å². The van der Waals surface area contributed by atoms with Crippen molar-refractivity contribution in [1.29, 1.82) is 0 Å². The number of ether oxygens (including phenoxy) is 1. The fourth-order valence-corrected chi connectivity index (χ4v) is 2.12. The highest BCUT2D eigenvalue weighted by Gasteiger charge is 2.05. The van der Waals surface area contributed by atoms with E-state index >= 15 is 0 Å². The standard InChI is InChI=1S/C17H19N3O2/c1-12-8-15(22-11-14-6-4-3-5-7-14)9-13(2)16(12)10-19-20-17(18)21/h3-10H,11H2,1-2H3,(H3,18,20,21). The van der Waals surface area contributed by atoms with E-state index in [1.807, 2.05) is 56.3 Å². The maximum absolute atomic E-state index is 10.6. The fraction of sp³-hybridized carbons (Fsp3) is 0.176. The quantitative estimate of drug-likeness (QED) is 0.657. The van der Waals surface area contributed by atoms with Gasteiger partial charge in [0.2, 0.25) is 0 Å². The Morgan fingerprint density at radius 3 is 2.45 bits per heavy atom. The van der Waals surface area contributed by atoms with Gasteiger partial charge in [0.15, 0.2) is 0 Å². The highest BCUT2D eigenvalue weighted by atomic mass is 16.5. The zero-order chi connectivity index (χ0) is 15.9. The molecular formula is C17H19N3O2. The molecule has 0 unspecified atom stereocenters. The summed E-state index contributed by atoms with van der Waals surface area (Å²) in [5.41, 5.74) is 11.2. The molecule has 2 rings (SSSR count). The molecule has 2 aromatic carbocycles. The van der Waals surface area contributed by atoms with Gasteiger partial charge in [-0.1, -0.05) is 30.3 Å². The third kappa shape index (κ3) is 4.34. The number of amides is 2. The van der Waals surface area contributed by atoms with Gasteiger partial charge in [0.25, 0.3) is 0 Å². The fourth-order valence-electron chi connectivity index (χ4n) is 2.12. The maximum Gasteiger partial charge on any atom is 0.332 e. The van der Waals surface area contributed by atoms with Gasteiger partial charge in [0.05, 0.1) is 6.21 Å². The summed E-state index contributed by atoms with van der Waals surface area (Å²) in [7, 11) is 0. The molecule has 0 radical (unpaired) electrons. The van der Waals surface area contributed by atoms with Crippen molar-refractivity contribution in [3.63, 3.8) is 0 Å². The van der Waals surface area contributed by atoms with Crippen LogP contribution in [0.1, 0.15) is 22.3 Å². The number of hydrogen-bond donors (Lipinski definition) is 2. The Morgan fingerprint density at radius 1 is 1.23 bits per heavy atom. The molecule has 5 heteroatoms. The Bertz CT molecular complexity index is 659. The predicted octanol–water partition coefficient (Wildman–Crippen LogP) is 2.88. The van der Waals surface area contributed by atoms with Gasteiger partial charge >= 0.3 is 6.03 Å². The number of nitrogens with one attached hydrogen (secondary N) is 1. The molecule has 0 aliphatic rings. The van der Waals surface area contributed by atoms with Gasteiger partial charge in [-0.15, -0.1) is 0 Å². The maximum atomic E-state index is 10.6. The number of urea groups is 1. The summed E-state index contributed by atoms with van der Waals surface area (Å²) in [6, 6.07) is 13.2. The molecule has 114 valence electrons. The van der Waals surface area contributed by atoms with E-state index in [1.54, 1.807) is 6.21 Å². The first-order chi connectivity index (χ1) is 10.6. The largest absolute Gasteiger partial charge is 0.489 e. The summed E-state index contributed by atoms with van der Waals surface area (Å²) in [5.74, 6) is 0.805. The van der Waals surface area contributed by atoms with E-state index in [9.17, 15) is 4.79 Å². The molecule has 2 amide bonds. The Kier molecular flexibility index (Phi) is 5.14. The number of hydrogen-bond acceptors (Lipinski definition) is 3. The van der Waals surface area contributed by atoms with Crippen LogP contribution < -0.4 is 15.9 Å². The predicted molar refractivity (Wildman–Crippen MR) is 87.0 cm³/mol. The summed E-state index contributed by atoms with van der Waals surface area (Å²) in [6.45, 7) is 4.46. The van der Waals surface area contributed by atoms with Crippen molar-refractivity contribution in [2.45, 2.75) is 20.5 Å². The van der Waals surface area contributed by atoms with Crippen LogP contribution in [0.15, 0.2) is 47.6 Å². The molecule has 0 bridgehead atoms. The molecule has 5 nitrogen and oxygen atoms in total. The molecule has 0 atom stereocenters. The summed E-state index contributed by atoms with van der Waals surface area (Å²) >= 11 is 0. The van der Waals surface area contributed by atoms with E-state index < -0.39 is 6.03 Å². The molecule has 0 aliphatic heterocycles. The van der Waals surface area contributed by atoms with Gasteiger partial charge in [-0.05, 0) is 42.7 Å². The number of carbonyl (C=O) groups is 1. The number of hydrazone groups is 1. The number of carbonyl (C=O) groups excluding carboxylic acids is 1. The molecule has 0 aromatic heterocycles. The smallest absolute Gasteiger partial charge is 0.332 e. The van der Waals surface area contributed by atoms with Crippen LogP contribution in [0.3, 0.4) is 0 Å². The van der Waals surface area contributed by atoms with E-state index in [0.29, 0.717) is 6.61 Å². The average Bonchev–Trinajstić information content (AvgIpc) is 2.49. The first kappa shape index (κ1) is 15.6. The van der Waals surface area contributed by atoms with Crippen LogP contribution in [0.5, 0.6) is 5.75 Å². The third-order valence-electron chi connectivity index (χ3n) is 3.18. The van der Waals surface area contributed by atoms with E-state index in [-0.39, 0.29) is 0 Å². The minimum atomic E-state index is -0.686. The molecule has 0 spiro atoms. The average molecular weight is 297 g/mol. The Morgan fingerprint density at radius 2 is 1.86 bits per heavy atom. The number of nitrogens with zero attached hydrogens (tertiary/aromatic N) is 1. The van der Waals surface area contributed by atoms with Crippen molar-refractivity contribution in [2.75, 3.05) is 0 Å². The topological polar surface area (TPSA) is 76.7 Å². The van der Waals surface area contributed by atoms with Crippen molar-refractivity contribution >= 4 is 12.2 Å². The third-order valence-corrected chi connectivity index (χ3v) is 3.18. The number of benzene rings is 2. The van der Waals surface area contributed by atoms with E-state index in [0.717, 1.165) is 28.0 Å². The second-order valence-corrected chi connectivity index (χ2v) is 4.98. The minimum absolute atomic E-state index is 0.524. The van der Waals surface area contributed by atoms with Crippen molar-refractivity contribution in [3.05, 3.63) is 64.7 Å². The van der Waals surface area contributed by atoms with Crippen molar-refractivity contribution in [2.24, 2.45) is 10.8 Å². The first-order valence-corrected chi connectivity index (χ1v) is 6.93. The van der Waals surface area contributed by atoms with Crippen LogP contribution in [0, 0.1) is 13.8 Å². The second-order valence-electron chi connectivity index (χ2n) is 4.98. The summed E-state index contributed by atoms with van der Waals surface area (Å²) < 4.78 is 5.82. The lowest BCUT2D eigenvalue weighted by Crippen LogP contribution is -2.24. The van der Waals surface area contributed by atoms with Crippen LogP contribution in [-0.2, 0) is 6.61 Å². The highest BCUT2D eigenvalue weighted by molar-refractivity contribution is 5.85. The molecule has 22 heavy (non-hydrogen) atoms. The van der Waals surface area contributed by atoms with E-state index in [4.69, 9.17) is 10.5 Å². The summed E-state index contributed by atoms with van der Waals surface area (Å²) in [4.78, 5) is 10.6.